The maximum atomic E-state index is 13.6. The zero-order chi connectivity index (χ0) is 15.4. The summed E-state index contributed by atoms with van der Waals surface area (Å²) in [5, 5.41) is 18.8. The molecule has 0 fully saturated rings. The zero-order valence-corrected chi connectivity index (χ0v) is 12.0. The van der Waals surface area contributed by atoms with Gasteiger partial charge in [-0.15, -0.1) is 0 Å². The zero-order valence-electron chi connectivity index (χ0n) is 11.2. The fourth-order valence-electron chi connectivity index (χ4n) is 1.86. The molecule has 0 saturated carbocycles. The maximum Gasteiger partial charge on any atom is 0.488 e. The van der Waals surface area contributed by atoms with Crippen molar-refractivity contribution in [2.75, 3.05) is 7.11 Å². The second kappa shape index (κ2) is 6.80. The number of halogens is 2. The van der Waals surface area contributed by atoms with Gasteiger partial charge >= 0.3 is 7.12 Å². The highest BCUT2D eigenvalue weighted by Crippen LogP contribution is 2.28. The van der Waals surface area contributed by atoms with Crippen molar-refractivity contribution in [1.82, 2.24) is 0 Å². The van der Waals surface area contributed by atoms with Crippen molar-refractivity contribution < 1.29 is 23.9 Å². The Morgan fingerprint density at radius 1 is 1.24 bits per heavy atom. The van der Waals surface area contributed by atoms with Crippen molar-refractivity contribution in [3.05, 3.63) is 52.8 Å². The van der Waals surface area contributed by atoms with E-state index in [0.29, 0.717) is 11.3 Å². The molecule has 0 bridgehead atoms. The molecule has 0 aliphatic rings. The van der Waals surface area contributed by atoms with Crippen LogP contribution in [0.2, 0.25) is 5.02 Å². The Balaban J connectivity index is 2.26. The molecule has 0 aliphatic heterocycles. The lowest BCUT2D eigenvalue weighted by Crippen LogP contribution is -2.33. The first-order valence-electron chi connectivity index (χ1n) is 6.12. The molecule has 21 heavy (non-hydrogen) atoms. The van der Waals surface area contributed by atoms with Gasteiger partial charge in [0.25, 0.3) is 0 Å². The summed E-state index contributed by atoms with van der Waals surface area (Å²) in [6.07, 6.45) is 0. The lowest BCUT2D eigenvalue weighted by atomic mass is 9.77. The van der Waals surface area contributed by atoms with Crippen molar-refractivity contribution in [2.45, 2.75) is 6.61 Å². The molecule has 0 spiro atoms. The van der Waals surface area contributed by atoms with Gasteiger partial charge in [0.05, 0.1) is 12.1 Å². The highest BCUT2D eigenvalue weighted by atomic mass is 35.5. The Bertz CT molecular complexity index is 616. The van der Waals surface area contributed by atoms with Gasteiger partial charge in [-0.1, -0.05) is 23.7 Å². The predicted molar refractivity (Wildman–Crippen MR) is 78.6 cm³/mol. The van der Waals surface area contributed by atoms with Crippen molar-refractivity contribution >= 4 is 24.2 Å². The Morgan fingerprint density at radius 2 is 2.00 bits per heavy atom. The molecular weight excluding hydrogens is 297 g/mol. The average molecular weight is 311 g/mol. The molecule has 0 heterocycles. The third-order valence-electron chi connectivity index (χ3n) is 2.92. The molecule has 0 amide bonds. The van der Waals surface area contributed by atoms with E-state index in [2.05, 4.69) is 0 Å². The van der Waals surface area contributed by atoms with Gasteiger partial charge in [-0.25, -0.2) is 4.39 Å². The molecule has 4 nitrogen and oxygen atoms in total. The minimum absolute atomic E-state index is 0.0786. The summed E-state index contributed by atoms with van der Waals surface area (Å²) in [6.45, 7) is -0.0786. The van der Waals surface area contributed by atoms with E-state index >= 15 is 0 Å². The van der Waals surface area contributed by atoms with Crippen LogP contribution in [-0.4, -0.2) is 24.3 Å². The lowest BCUT2D eigenvalue weighted by molar-refractivity contribution is 0.290. The van der Waals surface area contributed by atoms with Crippen LogP contribution in [0.25, 0.3) is 0 Å². The topological polar surface area (TPSA) is 58.9 Å². The molecule has 110 valence electrons. The summed E-state index contributed by atoms with van der Waals surface area (Å²) in [5.74, 6) is -0.144. The van der Waals surface area contributed by atoms with E-state index in [4.69, 9.17) is 21.1 Å². The number of hydrogen-bond donors (Lipinski definition) is 2. The largest absolute Gasteiger partial charge is 0.497 e. The van der Waals surface area contributed by atoms with Gasteiger partial charge in [0.2, 0.25) is 0 Å². The molecule has 0 unspecified atom stereocenters. The van der Waals surface area contributed by atoms with Crippen LogP contribution in [0.1, 0.15) is 5.56 Å². The second-order valence-electron chi connectivity index (χ2n) is 4.28. The first kappa shape index (κ1) is 15.6. The van der Waals surface area contributed by atoms with Crippen LogP contribution in [0.3, 0.4) is 0 Å². The molecule has 0 atom stereocenters. The van der Waals surface area contributed by atoms with Crippen LogP contribution in [0.4, 0.5) is 4.39 Å². The lowest BCUT2D eigenvalue weighted by Gasteiger charge is -2.13. The molecular formula is C14H13BClFO4. The molecule has 2 aromatic rings. The van der Waals surface area contributed by atoms with Gasteiger partial charge in [0.15, 0.2) is 11.6 Å². The van der Waals surface area contributed by atoms with Gasteiger partial charge in [-0.05, 0) is 35.3 Å². The van der Waals surface area contributed by atoms with Crippen molar-refractivity contribution in [2.24, 2.45) is 0 Å². The fourth-order valence-corrected chi connectivity index (χ4v) is 2.07. The molecule has 7 heteroatoms. The molecule has 2 N–H and O–H groups in total. The van der Waals surface area contributed by atoms with Gasteiger partial charge < -0.3 is 19.5 Å². The van der Waals surface area contributed by atoms with Crippen molar-refractivity contribution in [3.63, 3.8) is 0 Å². The first-order valence-corrected chi connectivity index (χ1v) is 6.50. The summed E-state index contributed by atoms with van der Waals surface area (Å²) in [6, 6.07) is 8.89. The SMILES string of the molecule is COc1ccc(B(O)O)c(COc2c(F)cccc2Cl)c1. The predicted octanol–water partition coefficient (Wildman–Crippen LogP) is 1.75. The number of para-hydroxylation sites is 1. The standard InChI is InChI=1S/C14H13BClFO4/c1-20-10-5-6-11(15(18)19)9(7-10)8-21-14-12(16)3-2-4-13(14)17/h2-7,18-19H,8H2,1H3. The fraction of sp³-hybridized carbons (Fsp3) is 0.143. The molecule has 0 radical (unpaired) electrons. The monoisotopic (exact) mass is 310 g/mol. The van der Waals surface area contributed by atoms with E-state index in [1.807, 2.05) is 0 Å². The number of ether oxygens (including phenoxy) is 2. The summed E-state index contributed by atoms with van der Waals surface area (Å²) in [5.41, 5.74) is 0.715. The summed E-state index contributed by atoms with van der Waals surface area (Å²) >= 11 is 5.87. The molecule has 0 aromatic heterocycles. The van der Waals surface area contributed by atoms with E-state index in [9.17, 15) is 14.4 Å². The summed E-state index contributed by atoms with van der Waals surface area (Å²) < 4.78 is 24.1. The highest BCUT2D eigenvalue weighted by Gasteiger charge is 2.18. The number of benzene rings is 2. The minimum Gasteiger partial charge on any atom is -0.497 e. The van der Waals surface area contributed by atoms with E-state index in [1.54, 1.807) is 12.1 Å². The molecule has 2 aromatic carbocycles. The van der Waals surface area contributed by atoms with E-state index < -0.39 is 12.9 Å². The van der Waals surface area contributed by atoms with Crippen LogP contribution in [0.15, 0.2) is 36.4 Å². The third kappa shape index (κ3) is 3.67. The Morgan fingerprint density at radius 3 is 2.62 bits per heavy atom. The molecule has 0 aliphatic carbocycles. The Hall–Kier alpha value is -1.76. The van der Waals surface area contributed by atoms with Gasteiger partial charge in [0.1, 0.15) is 12.4 Å². The second-order valence-corrected chi connectivity index (χ2v) is 4.69. The van der Waals surface area contributed by atoms with Gasteiger partial charge in [-0.2, -0.15) is 0 Å². The van der Waals surface area contributed by atoms with Crippen LogP contribution in [0, 0.1) is 5.82 Å². The van der Waals surface area contributed by atoms with E-state index in [0.717, 1.165) is 0 Å². The van der Waals surface area contributed by atoms with Crippen molar-refractivity contribution in [1.29, 1.82) is 0 Å². The first-order chi connectivity index (χ1) is 10.0. The number of rotatable bonds is 5. The van der Waals surface area contributed by atoms with Crippen molar-refractivity contribution in [3.8, 4) is 11.5 Å². The minimum atomic E-state index is -1.66. The quantitative estimate of drug-likeness (QED) is 0.826. The van der Waals surface area contributed by atoms with Crippen LogP contribution >= 0.6 is 11.6 Å². The Labute approximate surface area is 126 Å². The van der Waals surface area contributed by atoms with Gasteiger partial charge in [-0.3, -0.25) is 0 Å². The smallest absolute Gasteiger partial charge is 0.488 e. The maximum absolute atomic E-state index is 13.6. The normalized spacial score (nSPS) is 10.3. The number of hydrogen-bond acceptors (Lipinski definition) is 4. The van der Waals surface area contributed by atoms with E-state index in [1.165, 1.54) is 31.4 Å². The number of methoxy groups -OCH3 is 1. The summed E-state index contributed by atoms with van der Waals surface area (Å²) in [7, 11) is -0.173. The van der Waals surface area contributed by atoms with Crippen LogP contribution < -0.4 is 14.9 Å². The van der Waals surface area contributed by atoms with Crippen LogP contribution in [0.5, 0.6) is 11.5 Å². The van der Waals surface area contributed by atoms with E-state index in [-0.39, 0.29) is 22.8 Å². The van der Waals surface area contributed by atoms with Gasteiger partial charge in [0, 0.05) is 0 Å². The highest BCUT2D eigenvalue weighted by molar-refractivity contribution is 6.59. The summed E-state index contributed by atoms with van der Waals surface area (Å²) in [4.78, 5) is 0. The van der Waals surface area contributed by atoms with Crippen LogP contribution in [-0.2, 0) is 6.61 Å². The Kier molecular flexibility index (Phi) is 5.06. The third-order valence-corrected chi connectivity index (χ3v) is 3.22. The molecule has 2 rings (SSSR count). The molecule has 0 saturated heterocycles. The average Bonchev–Trinajstić information content (AvgIpc) is 2.46.